The molecule has 1 aliphatic rings. The molecule has 6 heteroatoms. The van der Waals surface area contributed by atoms with Crippen LogP contribution in [0.5, 0.6) is 0 Å². The molecule has 2 aromatic rings. The summed E-state index contributed by atoms with van der Waals surface area (Å²) in [6.07, 6.45) is 5.40. The van der Waals surface area contributed by atoms with Gasteiger partial charge in [0.15, 0.2) is 0 Å². The third-order valence-electron chi connectivity index (χ3n) is 3.74. The quantitative estimate of drug-likeness (QED) is 0.943. The van der Waals surface area contributed by atoms with Gasteiger partial charge in [0, 0.05) is 31.5 Å². The Hall–Kier alpha value is -2.68. The van der Waals surface area contributed by atoms with Gasteiger partial charge in [0.05, 0.1) is 5.69 Å². The van der Waals surface area contributed by atoms with Crippen LogP contribution in [0.25, 0.3) is 0 Å². The van der Waals surface area contributed by atoms with E-state index in [2.05, 4.69) is 20.2 Å². The highest BCUT2D eigenvalue weighted by Crippen LogP contribution is 2.22. The fourth-order valence-corrected chi connectivity index (χ4v) is 2.71. The van der Waals surface area contributed by atoms with Gasteiger partial charge in [0.1, 0.15) is 17.4 Å². The SMILES string of the molecule is N#Cc1c(F)cccc1N[C@@H]1CCCN(c2ncccn2)C1. The summed E-state index contributed by atoms with van der Waals surface area (Å²) < 4.78 is 13.7. The number of hydrogen-bond acceptors (Lipinski definition) is 5. The minimum Gasteiger partial charge on any atom is -0.379 e. The molecule has 112 valence electrons. The van der Waals surface area contributed by atoms with Crippen molar-refractivity contribution in [3.63, 3.8) is 0 Å². The molecule has 5 nitrogen and oxygen atoms in total. The molecule has 1 aliphatic heterocycles. The van der Waals surface area contributed by atoms with Crippen LogP contribution in [0.1, 0.15) is 18.4 Å². The van der Waals surface area contributed by atoms with E-state index in [1.807, 2.05) is 6.07 Å². The van der Waals surface area contributed by atoms with Crippen molar-refractivity contribution in [1.82, 2.24) is 9.97 Å². The number of halogens is 1. The first-order valence-electron chi connectivity index (χ1n) is 7.25. The maximum atomic E-state index is 13.7. The molecule has 22 heavy (non-hydrogen) atoms. The van der Waals surface area contributed by atoms with Gasteiger partial charge in [-0.3, -0.25) is 0 Å². The number of rotatable bonds is 3. The predicted octanol–water partition coefficient (Wildman–Crippen LogP) is 2.57. The van der Waals surface area contributed by atoms with Crippen molar-refractivity contribution in [2.24, 2.45) is 0 Å². The molecule has 1 saturated heterocycles. The van der Waals surface area contributed by atoms with E-state index in [1.54, 1.807) is 30.6 Å². The molecule has 2 heterocycles. The van der Waals surface area contributed by atoms with Crippen LogP contribution in [-0.4, -0.2) is 29.1 Å². The van der Waals surface area contributed by atoms with Crippen molar-refractivity contribution in [3.05, 3.63) is 48.0 Å². The third-order valence-corrected chi connectivity index (χ3v) is 3.74. The zero-order chi connectivity index (χ0) is 15.4. The first-order chi connectivity index (χ1) is 10.8. The molecule has 3 rings (SSSR count). The maximum Gasteiger partial charge on any atom is 0.225 e. The summed E-state index contributed by atoms with van der Waals surface area (Å²) in [5.74, 6) is 0.209. The topological polar surface area (TPSA) is 64.8 Å². The second-order valence-electron chi connectivity index (χ2n) is 5.25. The zero-order valence-electron chi connectivity index (χ0n) is 12.0. The van der Waals surface area contributed by atoms with E-state index in [9.17, 15) is 4.39 Å². The number of hydrogen-bond donors (Lipinski definition) is 1. The van der Waals surface area contributed by atoms with E-state index in [0.29, 0.717) is 11.6 Å². The van der Waals surface area contributed by atoms with Gasteiger partial charge in [-0.1, -0.05) is 6.07 Å². The Morgan fingerprint density at radius 2 is 2.09 bits per heavy atom. The molecule has 1 aromatic carbocycles. The van der Waals surface area contributed by atoms with E-state index in [4.69, 9.17) is 5.26 Å². The Bertz CT molecular complexity index is 683. The summed E-state index contributed by atoms with van der Waals surface area (Å²) in [5, 5.41) is 12.4. The summed E-state index contributed by atoms with van der Waals surface area (Å²) in [6.45, 7) is 1.63. The highest BCUT2D eigenvalue weighted by atomic mass is 19.1. The molecule has 0 unspecified atom stereocenters. The number of benzene rings is 1. The van der Waals surface area contributed by atoms with Gasteiger partial charge in [-0.2, -0.15) is 5.26 Å². The normalized spacial score (nSPS) is 17.8. The van der Waals surface area contributed by atoms with E-state index < -0.39 is 5.82 Å². The highest BCUT2D eigenvalue weighted by molar-refractivity contribution is 5.58. The molecule has 0 radical (unpaired) electrons. The Kier molecular flexibility index (Phi) is 4.15. The summed E-state index contributed by atoms with van der Waals surface area (Å²) in [7, 11) is 0. The summed E-state index contributed by atoms with van der Waals surface area (Å²) >= 11 is 0. The number of aromatic nitrogens is 2. The highest BCUT2D eigenvalue weighted by Gasteiger charge is 2.22. The van der Waals surface area contributed by atoms with Gasteiger partial charge in [0.2, 0.25) is 5.95 Å². The summed E-state index contributed by atoms with van der Waals surface area (Å²) in [5.41, 5.74) is 0.610. The van der Waals surface area contributed by atoms with E-state index >= 15 is 0 Å². The van der Waals surface area contributed by atoms with Crippen molar-refractivity contribution in [1.29, 1.82) is 5.26 Å². The minimum atomic E-state index is -0.494. The van der Waals surface area contributed by atoms with E-state index in [-0.39, 0.29) is 11.6 Å². The lowest BCUT2D eigenvalue weighted by atomic mass is 10.0. The van der Waals surface area contributed by atoms with Gasteiger partial charge in [0.25, 0.3) is 0 Å². The smallest absolute Gasteiger partial charge is 0.225 e. The summed E-state index contributed by atoms with van der Waals surface area (Å²) in [6, 6.07) is 8.48. The number of nitriles is 1. The van der Waals surface area contributed by atoms with Gasteiger partial charge in [-0.05, 0) is 31.0 Å². The maximum absolute atomic E-state index is 13.7. The van der Waals surface area contributed by atoms with Gasteiger partial charge in [-0.25, -0.2) is 14.4 Å². The molecule has 1 atom stereocenters. The second-order valence-corrected chi connectivity index (χ2v) is 5.25. The van der Waals surface area contributed by atoms with Crippen LogP contribution in [0.2, 0.25) is 0 Å². The number of anilines is 2. The first kappa shape index (κ1) is 14.3. The molecule has 0 saturated carbocycles. The largest absolute Gasteiger partial charge is 0.379 e. The Balaban J connectivity index is 1.74. The third kappa shape index (κ3) is 2.98. The van der Waals surface area contributed by atoms with Crippen molar-refractivity contribution in [3.8, 4) is 6.07 Å². The Morgan fingerprint density at radius 3 is 2.86 bits per heavy atom. The van der Waals surface area contributed by atoms with Crippen molar-refractivity contribution < 1.29 is 4.39 Å². The molecule has 0 bridgehead atoms. The monoisotopic (exact) mass is 297 g/mol. The van der Waals surface area contributed by atoms with Crippen LogP contribution in [0.15, 0.2) is 36.7 Å². The average molecular weight is 297 g/mol. The average Bonchev–Trinajstić information content (AvgIpc) is 2.56. The van der Waals surface area contributed by atoms with Crippen molar-refractivity contribution in [2.45, 2.75) is 18.9 Å². The molecule has 1 fully saturated rings. The molecular formula is C16H16FN5. The second kappa shape index (κ2) is 6.39. The van der Waals surface area contributed by atoms with Crippen LogP contribution >= 0.6 is 0 Å². The number of nitrogens with zero attached hydrogens (tertiary/aromatic N) is 4. The molecule has 0 amide bonds. The van der Waals surface area contributed by atoms with Gasteiger partial charge < -0.3 is 10.2 Å². The molecule has 0 spiro atoms. The van der Waals surface area contributed by atoms with E-state index in [1.165, 1.54) is 6.07 Å². The fourth-order valence-electron chi connectivity index (χ4n) is 2.71. The lowest BCUT2D eigenvalue weighted by molar-refractivity contribution is 0.522. The first-order valence-corrected chi connectivity index (χ1v) is 7.25. The minimum absolute atomic E-state index is 0.0654. The van der Waals surface area contributed by atoms with Gasteiger partial charge in [-0.15, -0.1) is 0 Å². The lowest BCUT2D eigenvalue weighted by Gasteiger charge is -2.33. The number of piperidine rings is 1. The fraction of sp³-hybridized carbons (Fsp3) is 0.312. The van der Waals surface area contributed by atoms with Crippen LogP contribution in [-0.2, 0) is 0 Å². The predicted molar refractivity (Wildman–Crippen MR) is 82.0 cm³/mol. The van der Waals surface area contributed by atoms with Crippen molar-refractivity contribution >= 4 is 11.6 Å². The van der Waals surface area contributed by atoms with Crippen LogP contribution in [0, 0.1) is 17.1 Å². The van der Waals surface area contributed by atoms with Crippen molar-refractivity contribution in [2.75, 3.05) is 23.3 Å². The standard InChI is InChI=1S/C16H16FN5/c17-14-5-1-6-15(13(14)10-18)21-12-4-2-9-22(11-12)16-19-7-3-8-20-16/h1,3,5-8,12,21H,2,4,9,11H2/t12-/m1/s1. The van der Waals surface area contributed by atoms with Crippen LogP contribution < -0.4 is 10.2 Å². The number of nitrogens with one attached hydrogen (secondary N) is 1. The van der Waals surface area contributed by atoms with Crippen LogP contribution in [0.4, 0.5) is 16.0 Å². The molecular weight excluding hydrogens is 281 g/mol. The van der Waals surface area contributed by atoms with E-state index in [0.717, 1.165) is 25.9 Å². The molecule has 1 N–H and O–H groups in total. The Morgan fingerprint density at radius 1 is 1.27 bits per heavy atom. The van der Waals surface area contributed by atoms with Crippen LogP contribution in [0.3, 0.4) is 0 Å². The summed E-state index contributed by atoms with van der Waals surface area (Å²) in [4.78, 5) is 10.6. The van der Waals surface area contributed by atoms with Gasteiger partial charge >= 0.3 is 0 Å². The Labute approximate surface area is 128 Å². The lowest BCUT2D eigenvalue weighted by Crippen LogP contribution is -2.43. The molecule has 1 aromatic heterocycles. The zero-order valence-corrected chi connectivity index (χ0v) is 12.0. The molecule has 0 aliphatic carbocycles.